The van der Waals surface area contributed by atoms with Crippen LogP contribution in [0.2, 0.25) is 0 Å². The SMILES string of the molecule is CCc1cccc2nc(NN)c(=O)n(Cc3ccc(OC)cc3)c12. The summed E-state index contributed by atoms with van der Waals surface area (Å²) >= 11 is 0. The summed E-state index contributed by atoms with van der Waals surface area (Å²) in [4.78, 5) is 17.1. The van der Waals surface area contributed by atoms with Gasteiger partial charge in [0.15, 0.2) is 0 Å². The first-order valence-corrected chi connectivity index (χ1v) is 7.80. The van der Waals surface area contributed by atoms with Crippen molar-refractivity contribution in [2.45, 2.75) is 19.9 Å². The molecule has 0 radical (unpaired) electrons. The van der Waals surface area contributed by atoms with Crippen LogP contribution in [0.25, 0.3) is 11.0 Å². The van der Waals surface area contributed by atoms with Crippen molar-refractivity contribution >= 4 is 16.9 Å². The van der Waals surface area contributed by atoms with Crippen LogP contribution >= 0.6 is 0 Å². The highest BCUT2D eigenvalue weighted by Crippen LogP contribution is 2.20. The van der Waals surface area contributed by atoms with Crippen LogP contribution in [0.4, 0.5) is 5.82 Å². The standard InChI is InChI=1S/C18H20N4O2/c1-3-13-5-4-6-15-16(13)22(18(23)17(20-15)21-19)11-12-7-9-14(24-2)10-8-12/h4-10H,3,11,19H2,1-2H3,(H,20,21). The predicted molar refractivity (Wildman–Crippen MR) is 95.3 cm³/mol. The summed E-state index contributed by atoms with van der Waals surface area (Å²) < 4.78 is 6.90. The molecule has 1 aromatic heterocycles. The molecular formula is C18H20N4O2. The molecule has 0 unspecified atom stereocenters. The average Bonchev–Trinajstić information content (AvgIpc) is 2.63. The number of aryl methyl sites for hydroxylation is 1. The van der Waals surface area contributed by atoms with Gasteiger partial charge in [-0.15, -0.1) is 0 Å². The number of methoxy groups -OCH3 is 1. The number of nitrogens with zero attached hydrogens (tertiary/aromatic N) is 2. The number of nitrogens with one attached hydrogen (secondary N) is 1. The van der Waals surface area contributed by atoms with Crippen LogP contribution < -0.4 is 21.6 Å². The molecule has 3 N–H and O–H groups in total. The summed E-state index contributed by atoms with van der Waals surface area (Å²) in [5.41, 5.74) is 5.84. The largest absolute Gasteiger partial charge is 0.497 e. The minimum absolute atomic E-state index is 0.143. The van der Waals surface area contributed by atoms with Gasteiger partial charge in [-0.05, 0) is 35.7 Å². The van der Waals surface area contributed by atoms with Gasteiger partial charge in [-0.2, -0.15) is 0 Å². The minimum atomic E-state index is -0.235. The molecule has 0 bridgehead atoms. The molecule has 3 rings (SSSR count). The first-order valence-electron chi connectivity index (χ1n) is 7.80. The summed E-state index contributed by atoms with van der Waals surface area (Å²) in [6.07, 6.45) is 0.816. The van der Waals surface area contributed by atoms with Gasteiger partial charge in [0, 0.05) is 0 Å². The Hall–Kier alpha value is -2.86. The monoisotopic (exact) mass is 324 g/mol. The summed E-state index contributed by atoms with van der Waals surface area (Å²) in [6.45, 7) is 2.50. The van der Waals surface area contributed by atoms with Crippen LogP contribution in [0.1, 0.15) is 18.1 Å². The van der Waals surface area contributed by atoms with Crippen LogP contribution in [-0.4, -0.2) is 16.7 Å². The third-order valence-corrected chi connectivity index (χ3v) is 4.07. The van der Waals surface area contributed by atoms with Crippen LogP contribution in [0.15, 0.2) is 47.3 Å². The molecule has 3 aromatic rings. The van der Waals surface area contributed by atoms with Gasteiger partial charge in [0.25, 0.3) is 5.56 Å². The number of nitrogen functional groups attached to an aromatic ring is 1. The van der Waals surface area contributed by atoms with Gasteiger partial charge in [-0.1, -0.05) is 31.2 Å². The Morgan fingerprint density at radius 2 is 1.96 bits per heavy atom. The molecule has 0 aliphatic rings. The second kappa shape index (κ2) is 6.72. The van der Waals surface area contributed by atoms with E-state index < -0.39 is 0 Å². The Kier molecular flexibility index (Phi) is 4.48. The lowest BCUT2D eigenvalue weighted by Gasteiger charge is -2.15. The maximum Gasteiger partial charge on any atom is 0.295 e. The molecule has 0 fully saturated rings. The lowest BCUT2D eigenvalue weighted by molar-refractivity contribution is 0.414. The quantitative estimate of drug-likeness (QED) is 0.556. The molecule has 124 valence electrons. The van der Waals surface area contributed by atoms with E-state index >= 15 is 0 Å². The minimum Gasteiger partial charge on any atom is -0.497 e. The highest BCUT2D eigenvalue weighted by molar-refractivity contribution is 5.80. The van der Waals surface area contributed by atoms with Crippen molar-refractivity contribution in [2.75, 3.05) is 12.5 Å². The zero-order valence-corrected chi connectivity index (χ0v) is 13.7. The van der Waals surface area contributed by atoms with E-state index in [1.54, 1.807) is 11.7 Å². The molecule has 0 saturated carbocycles. The van der Waals surface area contributed by atoms with E-state index in [4.69, 9.17) is 10.6 Å². The Labute approximate surface area is 139 Å². The van der Waals surface area contributed by atoms with E-state index in [1.165, 1.54) is 0 Å². The van der Waals surface area contributed by atoms with Gasteiger partial charge in [0.2, 0.25) is 5.82 Å². The number of hydrogen-bond donors (Lipinski definition) is 2. The fourth-order valence-corrected chi connectivity index (χ4v) is 2.82. The fraction of sp³-hybridized carbons (Fsp3) is 0.222. The number of hydrazine groups is 1. The lowest BCUT2D eigenvalue weighted by Crippen LogP contribution is -2.28. The number of anilines is 1. The zero-order chi connectivity index (χ0) is 17.1. The van der Waals surface area contributed by atoms with Gasteiger partial charge in [-0.25, -0.2) is 10.8 Å². The van der Waals surface area contributed by atoms with Crippen LogP contribution in [0, 0.1) is 0 Å². The van der Waals surface area contributed by atoms with Crippen molar-refractivity contribution in [3.05, 3.63) is 63.9 Å². The Morgan fingerprint density at radius 1 is 1.21 bits per heavy atom. The van der Waals surface area contributed by atoms with Crippen molar-refractivity contribution in [2.24, 2.45) is 5.84 Å². The lowest BCUT2D eigenvalue weighted by atomic mass is 10.1. The summed E-state index contributed by atoms with van der Waals surface area (Å²) in [6, 6.07) is 13.5. The molecule has 0 saturated heterocycles. The van der Waals surface area contributed by atoms with Crippen molar-refractivity contribution in [3.8, 4) is 5.75 Å². The average molecular weight is 324 g/mol. The Morgan fingerprint density at radius 3 is 2.58 bits per heavy atom. The summed E-state index contributed by atoms with van der Waals surface area (Å²) in [5.74, 6) is 6.39. The van der Waals surface area contributed by atoms with Gasteiger partial charge < -0.3 is 10.2 Å². The Bertz CT molecular complexity index is 917. The number of nitrogens with two attached hydrogens (primary N) is 1. The highest BCUT2D eigenvalue weighted by Gasteiger charge is 2.13. The molecule has 6 heteroatoms. The molecule has 0 aliphatic carbocycles. The third kappa shape index (κ3) is 2.83. The fourth-order valence-electron chi connectivity index (χ4n) is 2.82. The van der Waals surface area contributed by atoms with E-state index in [1.807, 2.05) is 42.5 Å². The molecule has 0 spiro atoms. The van der Waals surface area contributed by atoms with E-state index in [0.717, 1.165) is 34.3 Å². The number of benzene rings is 2. The maximum absolute atomic E-state index is 12.7. The number of rotatable bonds is 5. The van der Waals surface area contributed by atoms with Crippen LogP contribution in [-0.2, 0) is 13.0 Å². The molecule has 0 amide bonds. The van der Waals surface area contributed by atoms with Crippen molar-refractivity contribution in [1.82, 2.24) is 9.55 Å². The smallest absolute Gasteiger partial charge is 0.295 e. The second-order valence-electron chi connectivity index (χ2n) is 5.48. The molecule has 0 atom stereocenters. The number of ether oxygens (including phenoxy) is 1. The second-order valence-corrected chi connectivity index (χ2v) is 5.48. The van der Waals surface area contributed by atoms with Crippen molar-refractivity contribution in [3.63, 3.8) is 0 Å². The van der Waals surface area contributed by atoms with Gasteiger partial charge in [-0.3, -0.25) is 9.36 Å². The third-order valence-electron chi connectivity index (χ3n) is 4.07. The van der Waals surface area contributed by atoms with Gasteiger partial charge in [0.1, 0.15) is 5.75 Å². The highest BCUT2D eigenvalue weighted by atomic mass is 16.5. The van der Waals surface area contributed by atoms with Gasteiger partial charge in [0.05, 0.1) is 24.7 Å². The maximum atomic E-state index is 12.7. The van der Waals surface area contributed by atoms with E-state index in [-0.39, 0.29) is 11.4 Å². The number of aromatic nitrogens is 2. The normalized spacial score (nSPS) is 10.8. The molecule has 6 nitrogen and oxygen atoms in total. The summed E-state index contributed by atoms with van der Waals surface area (Å²) in [7, 11) is 1.63. The molecule has 0 aliphatic heterocycles. The predicted octanol–water partition coefficient (Wildman–Crippen LogP) is 2.30. The summed E-state index contributed by atoms with van der Waals surface area (Å²) in [5, 5.41) is 0. The first kappa shape index (κ1) is 16.0. The molecule has 1 heterocycles. The topological polar surface area (TPSA) is 82.2 Å². The van der Waals surface area contributed by atoms with Gasteiger partial charge >= 0.3 is 0 Å². The van der Waals surface area contributed by atoms with Crippen LogP contribution in [0.3, 0.4) is 0 Å². The van der Waals surface area contributed by atoms with Crippen molar-refractivity contribution < 1.29 is 4.74 Å². The van der Waals surface area contributed by atoms with Crippen LogP contribution in [0.5, 0.6) is 5.75 Å². The first-order chi connectivity index (χ1) is 11.7. The molecular weight excluding hydrogens is 304 g/mol. The molecule has 2 aromatic carbocycles. The van der Waals surface area contributed by atoms with E-state index in [9.17, 15) is 4.79 Å². The van der Waals surface area contributed by atoms with E-state index in [0.29, 0.717) is 6.54 Å². The van der Waals surface area contributed by atoms with E-state index in [2.05, 4.69) is 17.3 Å². The Balaban J connectivity index is 2.19. The molecule has 24 heavy (non-hydrogen) atoms. The number of hydrogen-bond acceptors (Lipinski definition) is 5. The zero-order valence-electron chi connectivity index (χ0n) is 13.7. The number of fused-ring (bicyclic) bond motifs is 1. The van der Waals surface area contributed by atoms with Crippen molar-refractivity contribution in [1.29, 1.82) is 0 Å². The number of para-hydroxylation sites is 1.